The third-order valence-electron chi connectivity index (χ3n) is 2.50. The zero-order valence-corrected chi connectivity index (χ0v) is 10.4. The molecule has 2 aromatic rings. The van der Waals surface area contributed by atoms with Crippen LogP contribution >= 0.6 is 12.4 Å². The van der Waals surface area contributed by atoms with Crippen LogP contribution in [0.5, 0.6) is 0 Å². The van der Waals surface area contributed by atoms with Crippen molar-refractivity contribution in [2.24, 2.45) is 5.73 Å². The van der Waals surface area contributed by atoms with Crippen LogP contribution in [-0.4, -0.2) is 6.54 Å². The van der Waals surface area contributed by atoms with Gasteiger partial charge in [-0.3, -0.25) is 0 Å². The minimum absolute atomic E-state index is 0. The summed E-state index contributed by atoms with van der Waals surface area (Å²) in [6.07, 6.45) is 2.13. The number of benzene rings is 2. The van der Waals surface area contributed by atoms with Crippen molar-refractivity contribution in [2.75, 3.05) is 6.54 Å². The Kier molecular flexibility index (Phi) is 5.47. The lowest BCUT2D eigenvalue weighted by atomic mass is 10.0. The van der Waals surface area contributed by atoms with Gasteiger partial charge in [0.05, 0.1) is 0 Å². The molecule has 0 saturated heterocycles. The van der Waals surface area contributed by atoms with Crippen LogP contribution in [0.3, 0.4) is 0 Å². The first kappa shape index (κ1) is 13.5. The summed E-state index contributed by atoms with van der Waals surface area (Å²) in [5.41, 5.74) is 9.32. The van der Waals surface area contributed by atoms with E-state index < -0.39 is 0 Å². The van der Waals surface area contributed by atoms with E-state index in [1.165, 1.54) is 11.1 Å². The predicted molar refractivity (Wildman–Crippen MR) is 77.1 cm³/mol. The molecule has 0 fully saturated rings. The summed E-state index contributed by atoms with van der Waals surface area (Å²) < 4.78 is 0. The van der Waals surface area contributed by atoms with Gasteiger partial charge in [-0.05, 0) is 22.8 Å². The fraction of sp³-hybridized carbons (Fsp3) is 0.0667. The van der Waals surface area contributed by atoms with Gasteiger partial charge in [0, 0.05) is 6.54 Å². The summed E-state index contributed by atoms with van der Waals surface area (Å²) in [7, 11) is 0. The highest BCUT2D eigenvalue weighted by Gasteiger charge is 1.98. The number of halogens is 1. The fourth-order valence-corrected chi connectivity index (χ4v) is 1.66. The van der Waals surface area contributed by atoms with Gasteiger partial charge in [0.15, 0.2) is 0 Å². The Morgan fingerprint density at radius 1 is 0.882 bits per heavy atom. The van der Waals surface area contributed by atoms with Crippen LogP contribution in [0.1, 0.15) is 11.1 Å². The first-order valence-corrected chi connectivity index (χ1v) is 5.41. The molecule has 0 atom stereocenters. The molecule has 1 nitrogen and oxygen atoms in total. The second kappa shape index (κ2) is 6.89. The molecule has 0 heterocycles. The van der Waals surface area contributed by atoms with Crippen molar-refractivity contribution in [3.05, 3.63) is 71.8 Å². The summed E-state index contributed by atoms with van der Waals surface area (Å²) in [6, 6.07) is 20.5. The average molecular weight is 246 g/mol. The SMILES string of the molecule is Cl.NC/C(=C\c1ccccc1)c1ccccc1. The molecule has 2 aromatic carbocycles. The van der Waals surface area contributed by atoms with Gasteiger partial charge in [-0.15, -0.1) is 12.4 Å². The average Bonchev–Trinajstić information content (AvgIpc) is 2.38. The minimum Gasteiger partial charge on any atom is -0.326 e. The summed E-state index contributed by atoms with van der Waals surface area (Å²) >= 11 is 0. The molecule has 88 valence electrons. The largest absolute Gasteiger partial charge is 0.326 e. The molecule has 0 spiro atoms. The topological polar surface area (TPSA) is 26.0 Å². The molecule has 0 aliphatic carbocycles. The molecule has 0 aromatic heterocycles. The Bertz CT molecular complexity index is 463. The Labute approximate surface area is 108 Å². The Hall–Kier alpha value is -1.57. The van der Waals surface area contributed by atoms with Crippen molar-refractivity contribution in [1.82, 2.24) is 0 Å². The number of hydrogen-bond acceptors (Lipinski definition) is 1. The van der Waals surface area contributed by atoms with E-state index >= 15 is 0 Å². The third-order valence-corrected chi connectivity index (χ3v) is 2.50. The summed E-state index contributed by atoms with van der Waals surface area (Å²) in [6.45, 7) is 0.554. The summed E-state index contributed by atoms with van der Waals surface area (Å²) in [5, 5.41) is 0. The minimum atomic E-state index is 0. The van der Waals surface area contributed by atoms with Crippen LogP contribution in [0.2, 0.25) is 0 Å². The molecule has 0 unspecified atom stereocenters. The Morgan fingerprint density at radius 3 is 1.94 bits per heavy atom. The van der Waals surface area contributed by atoms with Crippen LogP contribution in [0.4, 0.5) is 0 Å². The first-order valence-electron chi connectivity index (χ1n) is 5.41. The van der Waals surface area contributed by atoms with Gasteiger partial charge in [-0.25, -0.2) is 0 Å². The van der Waals surface area contributed by atoms with Gasteiger partial charge >= 0.3 is 0 Å². The molecule has 0 amide bonds. The fourth-order valence-electron chi connectivity index (χ4n) is 1.66. The van der Waals surface area contributed by atoms with Crippen LogP contribution in [-0.2, 0) is 0 Å². The lowest BCUT2D eigenvalue weighted by molar-refractivity contribution is 1.27. The molecule has 2 rings (SSSR count). The lowest BCUT2D eigenvalue weighted by Crippen LogP contribution is -2.01. The number of rotatable bonds is 3. The predicted octanol–water partition coefficient (Wildman–Crippen LogP) is 3.61. The molecule has 0 radical (unpaired) electrons. The first-order chi connectivity index (χ1) is 7.90. The molecular weight excluding hydrogens is 230 g/mol. The highest BCUT2D eigenvalue weighted by molar-refractivity contribution is 5.85. The third kappa shape index (κ3) is 3.74. The van der Waals surface area contributed by atoms with Crippen LogP contribution in [0, 0.1) is 0 Å². The molecule has 0 bridgehead atoms. The smallest absolute Gasteiger partial charge is 0.0184 e. The standard InChI is InChI=1S/C15H15N.ClH/c16-12-15(14-9-5-2-6-10-14)11-13-7-3-1-4-8-13;/h1-11H,12,16H2;1H/b15-11+;. The van der Waals surface area contributed by atoms with Crippen molar-refractivity contribution >= 4 is 24.1 Å². The van der Waals surface area contributed by atoms with E-state index in [1.807, 2.05) is 36.4 Å². The van der Waals surface area contributed by atoms with Crippen LogP contribution in [0.15, 0.2) is 60.7 Å². The zero-order chi connectivity index (χ0) is 11.2. The summed E-state index contributed by atoms with van der Waals surface area (Å²) in [4.78, 5) is 0. The van der Waals surface area contributed by atoms with Crippen LogP contribution < -0.4 is 5.73 Å². The highest BCUT2D eigenvalue weighted by Crippen LogP contribution is 2.16. The lowest BCUT2D eigenvalue weighted by Gasteiger charge is -2.04. The second-order valence-electron chi connectivity index (χ2n) is 3.65. The van der Waals surface area contributed by atoms with Gasteiger partial charge in [0.1, 0.15) is 0 Å². The molecule has 0 aliphatic rings. The van der Waals surface area contributed by atoms with Gasteiger partial charge in [-0.2, -0.15) is 0 Å². The van der Waals surface area contributed by atoms with E-state index in [1.54, 1.807) is 0 Å². The normalized spacial score (nSPS) is 10.8. The Morgan fingerprint density at radius 2 is 1.41 bits per heavy atom. The number of nitrogens with two attached hydrogens (primary N) is 1. The van der Waals surface area contributed by atoms with Gasteiger partial charge < -0.3 is 5.73 Å². The van der Waals surface area contributed by atoms with Crippen molar-refractivity contribution in [2.45, 2.75) is 0 Å². The zero-order valence-electron chi connectivity index (χ0n) is 9.54. The van der Waals surface area contributed by atoms with E-state index in [-0.39, 0.29) is 12.4 Å². The van der Waals surface area contributed by atoms with Crippen molar-refractivity contribution in [1.29, 1.82) is 0 Å². The second-order valence-corrected chi connectivity index (χ2v) is 3.65. The van der Waals surface area contributed by atoms with Crippen molar-refractivity contribution in [3.63, 3.8) is 0 Å². The van der Waals surface area contributed by atoms with Gasteiger partial charge in [0.2, 0.25) is 0 Å². The molecular formula is C15H16ClN. The molecule has 0 saturated carbocycles. The van der Waals surface area contributed by atoms with Crippen molar-refractivity contribution in [3.8, 4) is 0 Å². The number of hydrogen-bond donors (Lipinski definition) is 1. The van der Waals surface area contributed by atoms with E-state index in [0.717, 1.165) is 5.57 Å². The maximum atomic E-state index is 5.78. The molecule has 17 heavy (non-hydrogen) atoms. The molecule has 2 heteroatoms. The Balaban J connectivity index is 0.00000144. The molecule has 0 aliphatic heterocycles. The highest BCUT2D eigenvalue weighted by atomic mass is 35.5. The quantitative estimate of drug-likeness (QED) is 0.822. The molecule has 2 N–H and O–H groups in total. The summed E-state index contributed by atoms with van der Waals surface area (Å²) in [5.74, 6) is 0. The van der Waals surface area contributed by atoms with E-state index in [0.29, 0.717) is 6.54 Å². The van der Waals surface area contributed by atoms with Gasteiger partial charge in [-0.1, -0.05) is 60.7 Å². The van der Waals surface area contributed by atoms with E-state index in [9.17, 15) is 0 Å². The van der Waals surface area contributed by atoms with Gasteiger partial charge in [0.25, 0.3) is 0 Å². The maximum Gasteiger partial charge on any atom is 0.0184 e. The van der Waals surface area contributed by atoms with E-state index in [4.69, 9.17) is 5.73 Å². The monoisotopic (exact) mass is 245 g/mol. The van der Waals surface area contributed by atoms with E-state index in [2.05, 4.69) is 30.3 Å². The van der Waals surface area contributed by atoms with Crippen molar-refractivity contribution < 1.29 is 0 Å². The van der Waals surface area contributed by atoms with Crippen LogP contribution in [0.25, 0.3) is 11.6 Å². The maximum absolute atomic E-state index is 5.78.